The molecule has 0 saturated carbocycles. The van der Waals surface area contributed by atoms with Gasteiger partial charge in [-0.25, -0.2) is 8.78 Å². The molecule has 0 aromatic carbocycles. The lowest BCUT2D eigenvalue weighted by Gasteiger charge is -1.98. The first-order valence-electron chi connectivity index (χ1n) is 3.62. The van der Waals surface area contributed by atoms with Crippen LogP contribution in [0.1, 0.15) is 12.8 Å². The molecule has 0 radical (unpaired) electrons. The highest BCUT2D eigenvalue weighted by molar-refractivity contribution is 5.19. The summed E-state index contributed by atoms with van der Waals surface area (Å²) in [5, 5.41) is 7.49. The number of nitrogens with zero attached hydrogens (tertiary/aromatic N) is 3. The molecule has 68 valence electrons. The van der Waals surface area contributed by atoms with Gasteiger partial charge in [0.05, 0.1) is 12.7 Å². The van der Waals surface area contributed by atoms with Crippen LogP contribution in [0.3, 0.4) is 0 Å². The van der Waals surface area contributed by atoms with Crippen molar-refractivity contribution in [1.82, 2.24) is 15.0 Å². The van der Waals surface area contributed by atoms with E-state index in [0.717, 1.165) is 0 Å². The summed E-state index contributed by atoms with van der Waals surface area (Å²) >= 11 is 0. The molecule has 0 aliphatic heterocycles. The minimum atomic E-state index is -2.25. The molecule has 0 unspecified atom stereocenters. The van der Waals surface area contributed by atoms with Crippen molar-refractivity contribution in [3.05, 3.63) is 6.20 Å². The predicted octanol–water partition coefficient (Wildman–Crippen LogP) is 0.906. The SMILES string of the molecule is Nc1cnn(CCCC(F)F)n1. The monoisotopic (exact) mass is 176 g/mol. The predicted molar refractivity (Wildman–Crippen MR) is 39.7 cm³/mol. The molecule has 2 N–H and O–H groups in total. The Balaban J connectivity index is 2.24. The molecule has 1 aromatic heterocycles. The molecule has 0 amide bonds. The summed E-state index contributed by atoms with van der Waals surface area (Å²) in [7, 11) is 0. The number of hydrogen-bond donors (Lipinski definition) is 1. The highest BCUT2D eigenvalue weighted by Crippen LogP contribution is 2.03. The molecular formula is C6H10F2N4. The van der Waals surface area contributed by atoms with Crippen LogP contribution < -0.4 is 5.73 Å². The van der Waals surface area contributed by atoms with Crippen molar-refractivity contribution in [3.8, 4) is 0 Å². The van der Waals surface area contributed by atoms with Crippen LogP contribution in [0, 0.1) is 0 Å². The van der Waals surface area contributed by atoms with Crippen LogP contribution in [-0.4, -0.2) is 21.4 Å². The number of anilines is 1. The minimum Gasteiger partial charge on any atom is -0.381 e. The van der Waals surface area contributed by atoms with E-state index in [9.17, 15) is 8.78 Å². The summed E-state index contributed by atoms with van der Waals surface area (Å²) in [5.74, 6) is 0.312. The number of alkyl halides is 2. The van der Waals surface area contributed by atoms with E-state index in [1.807, 2.05) is 0 Å². The van der Waals surface area contributed by atoms with E-state index >= 15 is 0 Å². The van der Waals surface area contributed by atoms with E-state index in [1.165, 1.54) is 11.0 Å². The summed E-state index contributed by atoms with van der Waals surface area (Å²) in [4.78, 5) is 1.32. The molecule has 0 atom stereocenters. The molecule has 0 saturated heterocycles. The highest BCUT2D eigenvalue weighted by Gasteiger charge is 2.02. The molecule has 0 bridgehead atoms. The van der Waals surface area contributed by atoms with Crippen LogP contribution >= 0.6 is 0 Å². The van der Waals surface area contributed by atoms with E-state index in [0.29, 0.717) is 18.8 Å². The number of aromatic nitrogens is 3. The Morgan fingerprint density at radius 2 is 2.33 bits per heavy atom. The van der Waals surface area contributed by atoms with Crippen LogP contribution in [0.4, 0.5) is 14.6 Å². The van der Waals surface area contributed by atoms with Crippen molar-refractivity contribution in [3.63, 3.8) is 0 Å². The largest absolute Gasteiger partial charge is 0.381 e. The molecule has 4 nitrogen and oxygen atoms in total. The van der Waals surface area contributed by atoms with Crippen LogP contribution in [0.5, 0.6) is 0 Å². The summed E-state index contributed by atoms with van der Waals surface area (Å²) in [5.41, 5.74) is 5.27. The van der Waals surface area contributed by atoms with Crippen molar-refractivity contribution >= 4 is 5.82 Å². The second-order valence-corrected chi connectivity index (χ2v) is 2.40. The van der Waals surface area contributed by atoms with E-state index in [4.69, 9.17) is 5.73 Å². The Morgan fingerprint density at radius 1 is 1.58 bits per heavy atom. The fraction of sp³-hybridized carbons (Fsp3) is 0.667. The Labute approximate surface area is 68.4 Å². The van der Waals surface area contributed by atoms with E-state index in [1.54, 1.807) is 0 Å². The Kier molecular flexibility index (Phi) is 2.95. The van der Waals surface area contributed by atoms with Gasteiger partial charge in [0, 0.05) is 6.42 Å². The fourth-order valence-corrected chi connectivity index (χ4v) is 0.805. The van der Waals surface area contributed by atoms with Gasteiger partial charge < -0.3 is 5.73 Å². The maximum atomic E-state index is 11.7. The Morgan fingerprint density at radius 3 is 2.83 bits per heavy atom. The minimum absolute atomic E-state index is 0.124. The topological polar surface area (TPSA) is 56.7 Å². The van der Waals surface area contributed by atoms with Crippen molar-refractivity contribution < 1.29 is 8.78 Å². The molecule has 0 aliphatic rings. The first-order chi connectivity index (χ1) is 5.68. The normalized spacial score (nSPS) is 10.9. The zero-order valence-corrected chi connectivity index (χ0v) is 6.45. The third-order valence-electron chi connectivity index (χ3n) is 1.33. The van der Waals surface area contributed by atoms with E-state index in [-0.39, 0.29) is 6.42 Å². The van der Waals surface area contributed by atoms with Crippen molar-refractivity contribution in [2.24, 2.45) is 0 Å². The first kappa shape index (κ1) is 8.89. The zero-order valence-electron chi connectivity index (χ0n) is 6.45. The number of rotatable bonds is 4. The molecule has 6 heteroatoms. The standard InChI is InChI=1S/C6H10F2N4/c7-5(8)2-1-3-12-10-4-6(9)11-12/h4-5H,1-3H2,(H2,9,11). The average Bonchev–Trinajstić information content (AvgIpc) is 2.35. The zero-order chi connectivity index (χ0) is 8.97. The number of aryl methyl sites for hydroxylation is 1. The molecule has 1 rings (SSSR count). The van der Waals surface area contributed by atoms with Gasteiger partial charge in [-0.2, -0.15) is 9.90 Å². The third kappa shape index (κ3) is 2.81. The van der Waals surface area contributed by atoms with Gasteiger partial charge in [0.2, 0.25) is 6.43 Å². The van der Waals surface area contributed by atoms with Crippen LogP contribution in [0.2, 0.25) is 0 Å². The number of halogens is 2. The lowest BCUT2D eigenvalue weighted by Crippen LogP contribution is -2.04. The maximum Gasteiger partial charge on any atom is 0.238 e. The first-order valence-corrected chi connectivity index (χ1v) is 3.62. The second kappa shape index (κ2) is 3.99. The number of nitrogens with two attached hydrogens (primary N) is 1. The van der Waals surface area contributed by atoms with E-state index < -0.39 is 6.43 Å². The van der Waals surface area contributed by atoms with Gasteiger partial charge in [0.15, 0.2) is 5.82 Å². The van der Waals surface area contributed by atoms with Gasteiger partial charge in [-0.05, 0) is 6.42 Å². The Bertz CT molecular complexity index is 235. The molecular weight excluding hydrogens is 166 g/mol. The second-order valence-electron chi connectivity index (χ2n) is 2.40. The quantitative estimate of drug-likeness (QED) is 0.741. The molecule has 0 aliphatic carbocycles. The molecule has 1 aromatic rings. The lowest BCUT2D eigenvalue weighted by atomic mass is 10.3. The fourth-order valence-electron chi connectivity index (χ4n) is 0.805. The number of hydrogen-bond acceptors (Lipinski definition) is 3. The molecule has 1 heterocycles. The third-order valence-corrected chi connectivity index (χ3v) is 1.33. The lowest BCUT2D eigenvalue weighted by molar-refractivity contribution is 0.132. The van der Waals surface area contributed by atoms with Gasteiger partial charge in [0.1, 0.15) is 0 Å². The smallest absolute Gasteiger partial charge is 0.238 e. The summed E-state index contributed by atoms with van der Waals surface area (Å²) in [6.45, 7) is 0.390. The summed E-state index contributed by atoms with van der Waals surface area (Å²) in [6.07, 6.45) is -0.617. The van der Waals surface area contributed by atoms with Gasteiger partial charge in [-0.15, -0.1) is 5.10 Å². The maximum absolute atomic E-state index is 11.7. The molecule has 0 spiro atoms. The van der Waals surface area contributed by atoms with Crippen molar-refractivity contribution in [2.45, 2.75) is 25.8 Å². The average molecular weight is 176 g/mol. The molecule has 0 fully saturated rings. The molecule has 12 heavy (non-hydrogen) atoms. The van der Waals surface area contributed by atoms with Gasteiger partial charge in [-0.3, -0.25) is 0 Å². The summed E-state index contributed by atoms with van der Waals surface area (Å²) < 4.78 is 23.3. The summed E-state index contributed by atoms with van der Waals surface area (Å²) in [6, 6.07) is 0. The van der Waals surface area contributed by atoms with Crippen LogP contribution in [0.25, 0.3) is 0 Å². The van der Waals surface area contributed by atoms with Crippen LogP contribution in [0.15, 0.2) is 6.20 Å². The van der Waals surface area contributed by atoms with Gasteiger partial charge in [0.25, 0.3) is 0 Å². The number of nitrogen functional groups attached to an aromatic ring is 1. The Hall–Kier alpha value is -1.20. The van der Waals surface area contributed by atoms with E-state index in [2.05, 4.69) is 10.2 Å². The van der Waals surface area contributed by atoms with Gasteiger partial charge >= 0.3 is 0 Å². The van der Waals surface area contributed by atoms with Crippen molar-refractivity contribution in [1.29, 1.82) is 0 Å². The van der Waals surface area contributed by atoms with Gasteiger partial charge in [-0.1, -0.05) is 0 Å². The van der Waals surface area contributed by atoms with Crippen molar-refractivity contribution in [2.75, 3.05) is 5.73 Å². The highest BCUT2D eigenvalue weighted by atomic mass is 19.3. The van der Waals surface area contributed by atoms with Crippen LogP contribution in [-0.2, 0) is 6.54 Å².